The Bertz CT molecular complexity index is 811. The number of alkyl halides is 2. The Hall–Kier alpha value is -3.20. The number of halogens is 2. The number of ketones is 1. The molecule has 0 aliphatic heterocycles. The third-order valence-electron chi connectivity index (χ3n) is 3.20. The second-order valence-electron chi connectivity index (χ2n) is 4.88. The summed E-state index contributed by atoms with van der Waals surface area (Å²) >= 11 is 0. The summed E-state index contributed by atoms with van der Waals surface area (Å²) in [6, 6.07) is 14.5. The van der Waals surface area contributed by atoms with E-state index in [2.05, 4.69) is 4.74 Å². The molecule has 2 aromatic carbocycles. The zero-order valence-electron chi connectivity index (χ0n) is 13.4. The van der Waals surface area contributed by atoms with Crippen molar-refractivity contribution in [3.05, 3.63) is 65.2 Å². The highest BCUT2D eigenvalue weighted by Crippen LogP contribution is 2.30. The molecule has 0 aliphatic carbocycles. The number of nitrogens with zero attached hydrogens (tertiary/aromatic N) is 1. The van der Waals surface area contributed by atoms with Crippen molar-refractivity contribution in [3.8, 4) is 17.6 Å². The van der Waals surface area contributed by atoms with E-state index in [0.29, 0.717) is 11.1 Å². The van der Waals surface area contributed by atoms with Crippen LogP contribution in [0.2, 0.25) is 0 Å². The van der Waals surface area contributed by atoms with E-state index in [4.69, 9.17) is 4.74 Å². The van der Waals surface area contributed by atoms with E-state index in [-0.39, 0.29) is 23.7 Å². The molecule has 128 valence electrons. The molecule has 0 aliphatic rings. The lowest BCUT2D eigenvalue weighted by atomic mass is 10.0. The predicted octanol–water partition coefficient (Wildman–Crippen LogP) is 4.48. The number of carbonyl (C=O) groups excluding carboxylic acids is 1. The van der Waals surface area contributed by atoms with Gasteiger partial charge in [-0.25, -0.2) is 0 Å². The average Bonchev–Trinajstić information content (AvgIpc) is 2.61. The summed E-state index contributed by atoms with van der Waals surface area (Å²) in [5, 5.41) is 9.27. The Labute approximate surface area is 143 Å². The van der Waals surface area contributed by atoms with Crippen molar-refractivity contribution in [2.45, 2.75) is 13.5 Å². The first-order valence-electron chi connectivity index (χ1n) is 7.48. The van der Waals surface area contributed by atoms with Crippen LogP contribution in [0.15, 0.2) is 54.1 Å². The fourth-order valence-corrected chi connectivity index (χ4v) is 2.14. The number of hydrogen-bond acceptors (Lipinski definition) is 4. The van der Waals surface area contributed by atoms with Crippen LogP contribution in [0.5, 0.6) is 11.5 Å². The maximum atomic E-state index is 12.4. The van der Waals surface area contributed by atoms with Crippen LogP contribution in [0.4, 0.5) is 8.78 Å². The molecule has 0 bridgehead atoms. The molecule has 0 saturated heterocycles. The van der Waals surface area contributed by atoms with E-state index in [9.17, 15) is 18.8 Å². The topological polar surface area (TPSA) is 59.3 Å². The van der Waals surface area contributed by atoms with Crippen molar-refractivity contribution in [1.29, 1.82) is 5.26 Å². The van der Waals surface area contributed by atoms with E-state index in [1.54, 1.807) is 37.3 Å². The molecular weight excluding hydrogens is 328 g/mol. The van der Waals surface area contributed by atoms with Gasteiger partial charge >= 0.3 is 6.61 Å². The molecule has 0 N–H and O–H groups in total. The number of Topliss-reactive ketones (excluding diaryl/α,β-unsaturated/α-hetero) is 1. The Morgan fingerprint density at radius 2 is 1.92 bits per heavy atom. The SMILES string of the molecule is CCOc1cc(/C=C(\C#N)C(=O)c2ccccc2)ccc1OC(F)F. The monoisotopic (exact) mass is 343 g/mol. The van der Waals surface area contributed by atoms with Gasteiger partial charge in [-0.2, -0.15) is 14.0 Å². The van der Waals surface area contributed by atoms with Crippen molar-refractivity contribution >= 4 is 11.9 Å². The van der Waals surface area contributed by atoms with Gasteiger partial charge in [0, 0.05) is 5.56 Å². The third-order valence-corrected chi connectivity index (χ3v) is 3.20. The maximum Gasteiger partial charge on any atom is 0.387 e. The van der Waals surface area contributed by atoms with Crippen LogP contribution in [0.1, 0.15) is 22.8 Å². The summed E-state index contributed by atoms with van der Waals surface area (Å²) in [6.07, 6.45) is 1.38. The van der Waals surface area contributed by atoms with Crippen LogP contribution in [-0.2, 0) is 0 Å². The molecule has 0 atom stereocenters. The first-order chi connectivity index (χ1) is 12.0. The number of benzene rings is 2. The van der Waals surface area contributed by atoms with Gasteiger partial charge in [0.25, 0.3) is 0 Å². The van der Waals surface area contributed by atoms with Crippen molar-refractivity contribution < 1.29 is 23.0 Å². The molecule has 0 unspecified atom stereocenters. The number of carbonyl (C=O) groups is 1. The summed E-state index contributed by atoms with van der Waals surface area (Å²) < 4.78 is 34.5. The number of allylic oxidation sites excluding steroid dienone is 1. The number of rotatable bonds is 7. The van der Waals surface area contributed by atoms with Crippen LogP contribution in [-0.4, -0.2) is 19.0 Å². The van der Waals surface area contributed by atoms with Crippen molar-refractivity contribution in [2.75, 3.05) is 6.61 Å². The largest absolute Gasteiger partial charge is 0.490 e. The van der Waals surface area contributed by atoms with E-state index in [0.717, 1.165) is 0 Å². The minimum atomic E-state index is -2.98. The molecule has 0 fully saturated rings. The molecule has 0 amide bonds. The highest BCUT2D eigenvalue weighted by Gasteiger charge is 2.14. The van der Waals surface area contributed by atoms with E-state index >= 15 is 0 Å². The van der Waals surface area contributed by atoms with Gasteiger partial charge in [0.1, 0.15) is 11.6 Å². The summed E-state index contributed by atoms with van der Waals surface area (Å²) in [4.78, 5) is 12.4. The molecular formula is C19H15F2NO3. The molecule has 0 aromatic heterocycles. The summed E-state index contributed by atoms with van der Waals surface area (Å²) in [5.74, 6) is -0.420. The third kappa shape index (κ3) is 4.88. The molecule has 0 spiro atoms. The van der Waals surface area contributed by atoms with Crippen LogP contribution in [0, 0.1) is 11.3 Å². The lowest BCUT2D eigenvalue weighted by Gasteiger charge is -2.11. The van der Waals surface area contributed by atoms with E-state index < -0.39 is 12.4 Å². The zero-order valence-corrected chi connectivity index (χ0v) is 13.4. The maximum absolute atomic E-state index is 12.4. The first kappa shape index (κ1) is 18.1. The van der Waals surface area contributed by atoms with Gasteiger partial charge in [0.05, 0.1) is 6.61 Å². The fraction of sp³-hybridized carbons (Fsp3) is 0.158. The minimum absolute atomic E-state index is 0.0730. The van der Waals surface area contributed by atoms with Gasteiger partial charge < -0.3 is 9.47 Å². The van der Waals surface area contributed by atoms with Gasteiger partial charge in [-0.15, -0.1) is 0 Å². The molecule has 25 heavy (non-hydrogen) atoms. The highest BCUT2D eigenvalue weighted by atomic mass is 19.3. The van der Waals surface area contributed by atoms with Crippen molar-refractivity contribution in [1.82, 2.24) is 0 Å². The molecule has 6 heteroatoms. The average molecular weight is 343 g/mol. The van der Waals surface area contributed by atoms with E-state index in [1.165, 1.54) is 24.3 Å². The van der Waals surface area contributed by atoms with Crippen LogP contribution < -0.4 is 9.47 Å². The highest BCUT2D eigenvalue weighted by molar-refractivity contribution is 6.14. The van der Waals surface area contributed by atoms with Gasteiger partial charge in [0.2, 0.25) is 5.78 Å². The molecule has 0 heterocycles. The number of hydrogen-bond donors (Lipinski definition) is 0. The van der Waals surface area contributed by atoms with Crippen LogP contribution in [0.25, 0.3) is 6.08 Å². The zero-order chi connectivity index (χ0) is 18.2. The Kier molecular flexibility index (Phi) is 6.24. The summed E-state index contributed by atoms with van der Waals surface area (Å²) in [6.45, 7) is -1.02. The van der Waals surface area contributed by atoms with Gasteiger partial charge in [-0.3, -0.25) is 4.79 Å². The van der Waals surface area contributed by atoms with Crippen molar-refractivity contribution in [3.63, 3.8) is 0 Å². The summed E-state index contributed by atoms with van der Waals surface area (Å²) in [7, 11) is 0. The second kappa shape index (κ2) is 8.60. The standard InChI is InChI=1S/C19H15F2NO3/c1-2-24-17-11-13(8-9-16(17)25-19(20)21)10-15(12-22)18(23)14-6-4-3-5-7-14/h3-11,19H,2H2,1H3/b15-10+. The van der Waals surface area contributed by atoms with Gasteiger partial charge in [-0.05, 0) is 30.7 Å². The quantitative estimate of drug-likeness (QED) is 0.423. The number of nitriles is 1. The fourth-order valence-electron chi connectivity index (χ4n) is 2.14. The Balaban J connectivity index is 2.36. The molecule has 2 rings (SSSR count). The van der Waals surface area contributed by atoms with Crippen LogP contribution >= 0.6 is 0 Å². The van der Waals surface area contributed by atoms with E-state index in [1.807, 2.05) is 6.07 Å². The van der Waals surface area contributed by atoms with Gasteiger partial charge in [-0.1, -0.05) is 36.4 Å². The lowest BCUT2D eigenvalue weighted by Crippen LogP contribution is -2.05. The Morgan fingerprint density at radius 3 is 2.52 bits per heavy atom. The predicted molar refractivity (Wildman–Crippen MR) is 88.6 cm³/mol. The Morgan fingerprint density at radius 1 is 1.20 bits per heavy atom. The smallest absolute Gasteiger partial charge is 0.387 e. The number of ether oxygens (including phenoxy) is 2. The lowest BCUT2D eigenvalue weighted by molar-refractivity contribution is -0.0514. The normalized spacial score (nSPS) is 11.1. The van der Waals surface area contributed by atoms with Gasteiger partial charge in [0.15, 0.2) is 11.5 Å². The molecule has 4 nitrogen and oxygen atoms in total. The second-order valence-corrected chi connectivity index (χ2v) is 4.88. The van der Waals surface area contributed by atoms with Crippen molar-refractivity contribution in [2.24, 2.45) is 0 Å². The molecule has 0 radical (unpaired) electrons. The van der Waals surface area contributed by atoms with Crippen LogP contribution in [0.3, 0.4) is 0 Å². The minimum Gasteiger partial charge on any atom is -0.490 e. The molecule has 2 aromatic rings. The summed E-state index contributed by atoms with van der Waals surface area (Å²) in [5.41, 5.74) is 0.778. The molecule has 0 saturated carbocycles. The first-order valence-corrected chi connectivity index (χ1v) is 7.48.